The van der Waals surface area contributed by atoms with Gasteiger partial charge in [-0.3, -0.25) is 4.79 Å². The van der Waals surface area contributed by atoms with E-state index >= 15 is 0 Å². The van der Waals surface area contributed by atoms with Gasteiger partial charge in [0.2, 0.25) is 5.91 Å². The number of anilines is 2. The third kappa shape index (κ3) is 4.64. The lowest BCUT2D eigenvalue weighted by molar-refractivity contribution is -0.125. The Morgan fingerprint density at radius 3 is 2.37 bits per heavy atom. The zero-order valence-corrected chi connectivity index (χ0v) is 17.7. The molecule has 1 saturated heterocycles. The highest BCUT2D eigenvalue weighted by Gasteiger charge is 2.25. The molecule has 3 heterocycles. The molecule has 0 spiro atoms. The Bertz CT molecular complexity index is 940. The first-order chi connectivity index (χ1) is 14.6. The molecule has 1 aliphatic rings. The molecular weight excluding hydrogens is 374 g/mol. The van der Waals surface area contributed by atoms with E-state index in [0.29, 0.717) is 6.54 Å². The Morgan fingerprint density at radius 1 is 1.07 bits per heavy atom. The highest BCUT2D eigenvalue weighted by Crippen LogP contribution is 2.23. The molecule has 1 fully saturated rings. The molecule has 0 unspecified atom stereocenters. The number of hydrogen-bond acceptors (Lipinski definition) is 4. The van der Waals surface area contributed by atoms with Gasteiger partial charge in [-0.05, 0) is 54.8 Å². The van der Waals surface area contributed by atoms with Gasteiger partial charge in [0.15, 0.2) is 0 Å². The van der Waals surface area contributed by atoms with E-state index in [-0.39, 0.29) is 11.8 Å². The van der Waals surface area contributed by atoms with Gasteiger partial charge >= 0.3 is 0 Å². The molecule has 0 aliphatic carbocycles. The number of benzene rings is 1. The quantitative estimate of drug-likeness (QED) is 0.685. The molecule has 1 amide bonds. The highest BCUT2D eigenvalue weighted by atomic mass is 16.1. The van der Waals surface area contributed by atoms with Gasteiger partial charge < -0.3 is 19.7 Å². The number of pyridine rings is 1. The van der Waals surface area contributed by atoms with Crippen molar-refractivity contribution in [2.75, 3.05) is 37.0 Å². The van der Waals surface area contributed by atoms with Crippen LogP contribution in [0.4, 0.5) is 11.5 Å². The summed E-state index contributed by atoms with van der Waals surface area (Å²) in [7, 11) is 4.05. The maximum atomic E-state index is 12.6. The first-order valence-corrected chi connectivity index (χ1v) is 10.5. The number of piperidine rings is 1. The van der Waals surface area contributed by atoms with Crippen molar-refractivity contribution in [1.29, 1.82) is 0 Å². The van der Waals surface area contributed by atoms with Gasteiger partial charge in [-0.2, -0.15) is 0 Å². The molecule has 1 aliphatic heterocycles. The molecule has 6 nitrogen and oxygen atoms in total. The maximum absolute atomic E-state index is 12.6. The summed E-state index contributed by atoms with van der Waals surface area (Å²) < 4.78 is 2.04. The van der Waals surface area contributed by atoms with Crippen LogP contribution in [0.5, 0.6) is 0 Å². The van der Waals surface area contributed by atoms with E-state index in [0.717, 1.165) is 48.7 Å². The summed E-state index contributed by atoms with van der Waals surface area (Å²) in [4.78, 5) is 21.6. The number of nitrogens with one attached hydrogen (secondary N) is 1. The van der Waals surface area contributed by atoms with Crippen molar-refractivity contribution >= 4 is 17.4 Å². The van der Waals surface area contributed by atoms with Gasteiger partial charge in [-0.15, -0.1) is 0 Å². The Hall–Kier alpha value is -3.28. The van der Waals surface area contributed by atoms with Crippen molar-refractivity contribution in [3.8, 4) is 5.69 Å². The second-order valence-electron chi connectivity index (χ2n) is 8.00. The number of amides is 1. The van der Waals surface area contributed by atoms with Gasteiger partial charge in [0.05, 0.1) is 11.9 Å². The highest BCUT2D eigenvalue weighted by molar-refractivity contribution is 5.79. The number of nitrogens with zero attached hydrogens (tertiary/aromatic N) is 4. The molecule has 3 aromatic rings. The minimum atomic E-state index is 0.0708. The molecule has 0 bridgehead atoms. The lowest BCUT2D eigenvalue weighted by atomic mass is 9.96. The van der Waals surface area contributed by atoms with Gasteiger partial charge in [-0.25, -0.2) is 4.98 Å². The standard InChI is InChI=1S/C24H29N5O/c1-27(2)21-7-5-19(6-8-21)17-26-24(30)20-11-15-29(16-12-20)23-10-9-22(18-25-23)28-13-3-4-14-28/h3-10,13-14,18,20H,11-12,15-17H2,1-2H3,(H,26,30). The number of carbonyl (C=O) groups excluding carboxylic acids is 1. The smallest absolute Gasteiger partial charge is 0.223 e. The van der Waals surface area contributed by atoms with Crippen molar-refractivity contribution in [2.45, 2.75) is 19.4 Å². The zero-order chi connectivity index (χ0) is 20.9. The van der Waals surface area contributed by atoms with Crippen molar-refractivity contribution in [3.63, 3.8) is 0 Å². The van der Waals surface area contributed by atoms with E-state index in [9.17, 15) is 4.79 Å². The molecule has 6 heteroatoms. The predicted octanol–water partition coefficient (Wildman–Crippen LogP) is 3.47. The first-order valence-electron chi connectivity index (χ1n) is 10.5. The number of hydrogen-bond donors (Lipinski definition) is 1. The Kier molecular flexibility index (Phi) is 6.02. The van der Waals surface area contributed by atoms with Crippen LogP contribution in [-0.4, -0.2) is 42.6 Å². The van der Waals surface area contributed by atoms with Crippen LogP contribution in [0.15, 0.2) is 67.1 Å². The Balaban J connectivity index is 1.26. The van der Waals surface area contributed by atoms with E-state index in [4.69, 9.17) is 0 Å². The summed E-state index contributed by atoms with van der Waals surface area (Å²) in [6, 6.07) is 16.5. The predicted molar refractivity (Wildman–Crippen MR) is 121 cm³/mol. The fourth-order valence-electron chi connectivity index (χ4n) is 3.84. The largest absolute Gasteiger partial charge is 0.378 e. The van der Waals surface area contributed by atoms with Crippen molar-refractivity contribution in [2.24, 2.45) is 5.92 Å². The third-order valence-electron chi connectivity index (χ3n) is 5.74. The summed E-state index contributed by atoms with van der Waals surface area (Å²) in [6.07, 6.45) is 7.63. The van der Waals surface area contributed by atoms with Crippen LogP contribution in [0.1, 0.15) is 18.4 Å². The van der Waals surface area contributed by atoms with E-state index < -0.39 is 0 Å². The summed E-state index contributed by atoms with van der Waals surface area (Å²) in [5, 5.41) is 3.11. The molecule has 156 valence electrons. The number of aromatic nitrogens is 2. The van der Waals surface area contributed by atoms with Crippen LogP contribution in [0.3, 0.4) is 0 Å². The van der Waals surface area contributed by atoms with Crippen LogP contribution >= 0.6 is 0 Å². The van der Waals surface area contributed by atoms with Crippen LogP contribution in [0.25, 0.3) is 5.69 Å². The second kappa shape index (κ2) is 9.03. The van der Waals surface area contributed by atoms with Crippen LogP contribution in [0, 0.1) is 5.92 Å². The molecule has 0 radical (unpaired) electrons. The SMILES string of the molecule is CN(C)c1ccc(CNC(=O)C2CCN(c3ccc(-n4cccc4)cn3)CC2)cc1. The molecule has 1 aromatic carbocycles. The lowest BCUT2D eigenvalue weighted by Gasteiger charge is -2.32. The van der Waals surface area contributed by atoms with Crippen LogP contribution in [-0.2, 0) is 11.3 Å². The molecule has 1 N–H and O–H groups in total. The number of carbonyl (C=O) groups is 1. The van der Waals surface area contributed by atoms with Crippen molar-refractivity contribution < 1.29 is 4.79 Å². The topological polar surface area (TPSA) is 53.4 Å². The van der Waals surface area contributed by atoms with Gasteiger partial charge in [-0.1, -0.05) is 12.1 Å². The first kappa shape index (κ1) is 20.0. The zero-order valence-electron chi connectivity index (χ0n) is 17.7. The molecule has 4 rings (SSSR count). The molecular formula is C24H29N5O. The van der Waals surface area contributed by atoms with Crippen LogP contribution in [0.2, 0.25) is 0 Å². The molecule has 0 atom stereocenters. The van der Waals surface area contributed by atoms with E-state index in [2.05, 4.69) is 56.5 Å². The summed E-state index contributed by atoms with van der Waals surface area (Å²) in [5.41, 5.74) is 3.34. The van der Waals surface area contributed by atoms with Crippen LogP contribution < -0.4 is 15.1 Å². The van der Waals surface area contributed by atoms with E-state index in [1.807, 2.05) is 49.4 Å². The maximum Gasteiger partial charge on any atom is 0.223 e. The van der Waals surface area contributed by atoms with Crippen molar-refractivity contribution in [1.82, 2.24) is 14.9 Å². The molecule has 2 aromatic heterocycles. The normalized spacial score (nSPS) is 14.5. The Morgan fingerprint density at radius 2 is 1.77 bits per heavy atom. The molecule has 0 saturated carbocycles. The minimum Gasteiger partial charge on any atom is -0.378 e. The monoisotopic (exact) mass is 403 g/mol. The number of rotatable bonds is 6. The van der Waals surface area contributed by atoms with E-state index in [1.54, 1.807) is 0 Å². The lowest BCUT2D eigenvalue weighted by Crippen LogP contribution is -2.40. The molecule has 30 heavy (non-hydrogen) atoms. The average Bonchev–Trinajstić information content (AvgIpc) is 3.33. The van der Waals surface area contributed by atoms with Gasteiger partial charge in [0.1, 0.15) is 5.82 Å². The van der Waals surface area contributed by atoms with Gasteiger partial charge in [0.25, 0.3) is 0 Å². The van der Waals surface area contributed by atoms with Gasteiger partial charge in [0, 0.05) is 57.7 Å². The summed E-state index contributed by atoms with van der Waals surface area (Å²) >= 11 is 0. The van der Waals surface area contributed by atoms with Crippen molar-refractivity contribution in [3.05, 3.63) is 72.7 Å². The second-order valence-corrected chi connectivity index (χ2v) is 8.00. The summed E-state index contributed by atoms with van der Waals surface area (Å²) in [5.74, 6) is 1.20. The summed E-state index contributed by atoms with van der Waals surface area (Å²) in [6.45, 7) is 2.28. The van der Waals surface area contributed by atoms with E-state index in [1.165, 1.54) is 0 Å². The Labute approximate surface area is 178 Å². The minimum absolute atomic E-state index is 0.0708. The fraction of sp³-hybridized carbons (Fsp3) is 0.333. The average molecular weight is 404 g/mol. The fourth-order valence-corrected chi connectivity index (χ4v) is 3.84. The third-order valence-corrected chi connectivity index (χ3v) is 5.74.